The summed E-state index contributed by atoms with van der Waals surface area (Å²) in [5.74, 6) is -0.671. The summed E-state index contributed by atoms with van der Waals surface area (Å²) < 4.78 is 31.7. The number of aromatic amines is 1. The summed E-state index contributed by atoms with van der Waals surface area (Å²) in [7, 11) is -2.84. The monoisotopic (exact) mass is 473 g/mol. The number of rotatable bonds is 6. The van der Waals surface area contributed by atoms with Gasteiger partial charge in [-0.15, -0.1) is 0 Å². The number of nitrogens with one attached hydrogen (secondary N) is 2. The van der Waals surface area contributed by atoms with Crippen LogP contribution in [0.15, 0.2) is 42.2 Å². The molecule has 0 aliphatic rings. The second kappa shape index (κ2) is 8.25. The Morgan fingerprint density at radius 3 is 2.37 bits per heavy atom. The number of anilines is 1. The molecule has 2 heterocycles. The largest absolute Gasteiger partial charge is 0.438 e. The SMILES string of the molecule is CC(C)c1cc(S(=O)(=O)c2c(Cl)cc(NCc3noc(=O)[nH]3)cc2Cl)nn(C)c1=O. The summed E-state index contributed by atoms with van der Waals surface area (Å²) in [6.07, 6.45) is 0. The standard InChI is InChI=1S/C17H17Cl2N5O5S/c1-8(2)10-6-14(22-24(3)16(10)25)30(27,28)15-11(18)4-9(5-12(15)19)20-7-13-21-17(26)29-23-13/h4-6,8,20H,7H2,1-3H3,(H,21,23,26). The second-order valence-electron chi connectivity index (χ2n) is 6.69. The Bertz CT molecular complexity index is 1300. The van der Waals surface area contributed by atoms with Gasteiger partial charge in [-0.25, -0.2) is 17.9 Å². The molecular formula is C17H17Cl2N5O5S. The Balaban J connectivity index is 2.00. The minimum absolute atomic E-state index is 0.0879. The van der Waals surface area contributed by atoms with Crippen molar-refractivity contribution >= 4 is 38.7 Å². The van der Waals surface area contributed by atoms with Crippen LogP contribution < -0.4 is 16.6 Å². The molecule has 0 aliphatic carbocycles. The third kappa shape index (κ3) is 4.27. The lowest BCUT2D eigenvalue weighted by Crippen LogP contribution is -2.26. The fourth-order valence-electron chi connectivity index (χ4n) is 2.69. The zero-order valence-corrected chi connectivity index (χ0v) is 18.4. The zero-order valence-electron chi connectivity index (χ0n) is 16.1. The molecular weight excluding hydrogens is 457 g/mol. The molecule has 0 aliphatic heterocycles. The lowest BCUT2D eigenvalue weighted by Gasteiger charge is -2.13. The van der Waals surface area contributed by atoms with E-state index in [1.54, 1.807) is 13.8 Å². The molecule has 2 N–H and O–H groups in total. The van der Waals surface area contributed by atoms with Crippen molar-refractivity contribution in [1.29, 1.82) is 0 Å². The summed E-state index contributed by atoms with van der Waals surface area (Å²) in [6, 6.07) is 3.97. The fraction of sp³-hybridized carbons (Fsp3) is 0.294. The summed E-state index contributed by atoms with van der Waals surface area (Å²) in [6.45, 7) is 3.63. The van der Waals surface area contributed by atoms with E-state index in [0.29, 0.717) is 11.3 Å². The van der Waals surface area contributed by atoms with Crippen LogP contribution in [-0.2, 0) is 23.4 Å². The van der Waals surface area contributed by atoms with Gasteiger partial charge in [0.25, 0.3) is 5.56 Å². The molecule has 0 saturated heterocycles. The van der Waals surface area contributed by atoms with E-state index in [1.807, 2.05) is 0 Å². The van der Waals surface area contributed by atoms with Gasteiger partial charge in [0.1, 0.15) is 4.90 Å². The number of hydrogen-bond acceptors (Lipinski definition) is 8. The molecule has 0 atom stereocenters. The van der Waals surface area contributed by atoms with Gasteiger partial charge in [-0.2, -0.15) is 5.10 Å². The number of hydrogen-bond donors (Lipinski definition) is 2. The minimum Gasteiger partial charge on any atom is -0.378 e. The lowest BCUT2D eigenvalue weighted by molar-refractivity contribution is 0.382. The van der Waals surface area contributed by atoms with Crippen LogP contribution in [0.25, 0.3) is 0 Å². The van der Waals surface area contributed by atoms with E-state index in [0.717, 1.165) is 4.68 Å². The molecule has 3 rings (SSSR count). The van der Waals surface area contributed by atoms with Gasteiger partial charge >= 0.3 is 5.76 Å². The predicted octanol–water partition coefficient (Wildman–Crippen LogP) is 2.33. The van der Waals surface area contributed by atoms with Crippen molar-refractivity contribution in [1.82, 2.24) is 19.9 Å². The highest BCUT2D eigenvalue weighted by Gasteiger charge is 2.28. The van der Waals surface area contributed by atoms with Crippen LogP contribution in [0.4, 0.5) is 5.69 Å². The number of sulfone groups is 1. The molecule has 30 heavy (non-hydrogen) atoms. The second-order valence-corrected chi connectivity index (χ2v) is 9.34. The summed E-state index contributed by atoms with van der Waals surface area (Å²) in [5.41, 5.74) is 0.314. The third-order valence-electron chi connectivity index (χ3n) is 4.18. The molecule has 0 spiro atoms. The molecule has 13 heteroatoms. The van der Waals surface area contributed by atoms with Crippen molar-refractivity contribution in [3.8, 4) is 0 Å². The molecule has 3 aromatic rings. The van der Waals surface area contributed by atoms with Gasteiger partial charge in [0.05, 0.1) is 16.6 Å². The average molecular weight is 474 g/mol. The van der Waals surface area contributed by atoms with Crippen LogP contribution in [0.1, 0.15) is 31.2 Å². The first-order chi connectivity index (χ1) is 14.0. The molecule has 2 aromatic heterocycles. The van der Waals surface area contributed by atoms with Crippen LogP contribution in [0.5, 0.6) is 0 Å². The van der Waals surface area contributed by atoms with Crippen LogP contribution >= 0.6 is 23.2 Å². The predicted molar refractivity (Wildman–Crippen MR) is 110 cm³/mol. The van der Waals surface area contributed by atoms with Crippen molar-refractivity contribution in [2.75, 3.05) is 5.32 Å². The van der Waals surface area contributed by atoms with E-state index in [4.69, 9.17) is 23.2 Å². The number of nitrogens with zero attached hydrogens (tertiary/aromatic N) is 3. The Morgan fingerprint density at radius 2 is 1.83 bits per heavy atom. The van der Waals surface area contributed by atoms with Gasteiger partial charge in [0.2, 0.25) is 9.84 Å². The average Bonchev–Trinajstić information content (AvgIpc) is 3.06. The number of halogens is 2. The summed E-state index contributed by atoms with van der Waals surface area (Å²) >= 11 is 12.5. The van der Waals surface area contributed by atoms with E-state index in [2.05, 4.69) is 25.1 Å². The van der Waals surface area contributed by atoms with Gasteiger partial charge in [-0.1, -0.05) is 42.2 Å². The molecule has 0 radical (unpaired) electrons. The topological polar surface area (TPSA) is 140 Å². The van der Waals surface area contributed by atoms with E-state index in [9.17, 15) is 18.0 Å². The van der Waals surface area contributed by atoms with E-state index >= 15 is 0 Å². The molecule has 0 saturated carbocycles. The third-order valence-corrected chi connectivity index (χ3v) is 6.73. The van der Waals surface area contributed by atoms with Crippen LogP contribution in [0.2, 0.25) is 10.0 Å². The van der Waals surface area contributed by atoms with Crippen LogP contribution in [0, 0.1) is 0 Å². The van der Waals surface area contributed by atoms with Crippen molar-refractivity contribution < 1.29 is 12.9 Å². The number of aromatic nitrogens is 4. The number of H-pyrrole nitrogens is 1. The Morgan fingerprint density at radius 1 is 1.20 bits per heavy atom. The van der Waals surface area contributed by atoms with Gasteiger partial charge < -0.3 is 5.32 Å². The highest BCUT2D eigenvalue weighted by Crippen LogP contribution is 2.36. The van der Waals surface area contributed by atoms with Crippen molar-refractivity contribution in [2.45, 2.75) is 36.2 Å². The summed E-state index contributed by atoms with van der Waals surface area (Å²) in [5, 5.41) is 9.67. The van der Waals surface area contributed by atoms with Crippen molar-refractivity contribution in [3.05, 3.63) is 60.5 Å². The molecule has 160 valence electrons. The fourth-order valence-corrected chi connectivity index (χ4v) is 5.14. The molecule has 10 nitrogen and oxygen atoms in total. The first-order valence-corrected chi connectivity index (χ1v) is 10.9. The van der Waals surface area contributed by atoms with Crippen LogP contribution in [-0.4, -0.2) is 28.3 Å². The smallest absolute Gasteiger partial charge is 0.378 e. The lowest BCUT2D eigenvalue weighted by atomic mass is 10.1. The minimum atomic E-state index is -4.21. The highest BCUT2D eigenvalue weighted by molar-refractivity contribution is 7.91. The molecule has 1 aromatic carbocycles. The van der Waals surface area contributed by atoms with E-state index < -0.39 is 15.6 Å². The van der Waals surface area contributed by atoms with Gasteiger partial charge in [-0.05, 0) is 24.1 Å². The molecule has 0 amide bonds. The normalized spacial score (nSPS) is 11.8. The maximum Gasteiger partial charge on any atom is 0.438 e. The number of benzene rings is 1. The van der Waals surface area contributed by atoms with Crippen molar-refractivity contribution in [3.63, 3.8) is 0 Å². The van der Waals surface area contributed by atoms with E-state index in [-0.39, 0.29) is 43.8 Å². The molecule has 0 bridgehead atoms. The Hall–Kier alpha value is -2.63. The molecule has 0 fully saturated rings. The number of aryl methyl sites for hydroxylation is 1. The van der Waals surface area contributed by atoms with E-state index in [1.165, 1.54) is 25.2 Å². The maximum atomic E-state index is 13.2. The van der Waals surface area contributed by atoms with Crippen LogP contribution in [0.3, 0.4) is 0 Å². The Kier molecular flexibility index (Phi) is 6.06. The zero-order chi connectivity index (χ0) is 22.2. The highest BCUT2D eigenvalue weighted by atomic mass is 35.5. The molecule has 0 unspecified atom stereocenters. The first-order valence-electron chi connectivity index (χ1n) is 8.62. The summed E-state index contributed by atoms with van der Waals surface area (Å²) in [4.78, 5) is 25.2. The van der Waals surface area contributed by atoms with Crippen molar-refractivity contribution in [2.24, 2.45) is 7.05 Å². The quantitative estimate of drug-likeness (QED) is 0.555. The first kappa shape index (κ1) is 22.1. The van der Waals surface area contributed by atoms with Gasteiger partial charge in [0.15, 0.2) is 10.9 Å². The van der Waals surface area contributed by atoms with Gasteiger partial charge in [0, 0.05) is 18.3 Å². The Labute approximate surface area is 180 Å². The maximum absolute atomic E-state index is 13.2. The van der Waals surface area contributed by atoms with Gasteiger partial charge in [-0.3, -0.25) is 14.3 Å².